The van der Waals surface area contributed by atoms with Crippen molar-refractivity contribution in [3.05, 3.63) is 11.9 Å². The van der Waals surface area contributed by atoms with Crippen LogP contribution >= 0.6 is 0 Å². The van der Waals surface area contributed by atoms with E-state index in [2.05, 4.69) is 32.0 Å². The van der Waals surface area contributed by atoms with Crippen LogP contribution in [0.25, 0.3) is 0 Å². The van der Waals surface area contributed by atoms with Crippen molar-refractivity contribution in [2.24, 2.45) is 0 Å². The van der Waals surface area contributed by atoms with Gasteiger partial charge in [0.25, 0.3) is 0 Å². The van der Waals surface area contributed by atoms with E-state index in [1.165, 1.54) is 13.0 Å². The molecule has 100 valence electrons. The molecule has 0 aromatic carbocycles. The fourth-order valence-corrected chi connectivity index (χ4v) is 2.36. The van der Waals surface area contributed by atoms with E-state index in [-0.39, 0.29) is 0 Å². The molecule has 0 saturated carbocycles. The number of hydrogen-bond donors (Lipinski definition) is 1. The number of aromatic nitrogens is 2. The standard InChI is InChI=1S/C13H23N5/c1-4-5-17-6-8-18(9-7-17)13-10-12(14-3)15-11(2)16-13/h10H,4-9H2,1-3H3,(H,14,15,16). The Morgan fingerprint density at radius 3 is 2.56 bits per heavy atom. The van der Waals surface area contributed by atoms with E-state index in [0.29, 0.717) is 0 Å². The third-order valence-electron chi connectivity index (χ3n) is 3.32. The first-order valence-corrected chi connectivity index (χ1v) is 6.73. The maximum Gasteiger partial charge on any atom is 0.134 e. The van der Waals surface area contributed by atoms with Crippen molar-refractivity contribution in [3.63, 3.8) is 0 Å². The number of nitrogens with zero attached hydrogens (tertiary/aromatic N) is 4. The zero-order valence-electron chi connectivity index (χ0n) is 11.6. The van der Waals surface area contributed by atoms with Crippen LogP contribution in [-0.4, -0.2) is 54.6 Å². The Morgan fingerprint density at radius 2 is 1.94 bits per heavy atom. The molecule has 1 fully saturated rings. The van der Waals surface area contributed by atoms with E-state index in [9.17, 15) is 0 Å². The van der Waals surface area contributed by atoms with Gasteiger partial charge >= 0.3 is 0 Å². The fraction of sp³-hybridized carbons (Fsp3) is 0.692. The molecule has 0 spiro atoms. The normalized spacial score (nSPS) is 16.9. The van der Waals surface area contributed by atoms with E-state index in [4.69, 9.17) is 0 Å². The van der Waals surface area contributed by atoms with Crippen molar-refractivity contribution in [2.45, 2.75) is 20.3 Å². The molecule has 2 rings (SSSR count). The highest BCUT2D eigenvalue weighted by molar-refractivity contribution is 5.49. The van der Waals surface area contributed by atoms with E-state index in [1.807, 2.05) is 20.0 Å². The van der Waals surface area contributed by atoms with Gasteiger partial charge in [0, 0.05) is 39.3 Å². The van der Waals surface area contributed by atoms with Crippen LogP contribution in [0.15, 0.2) is 6.07 Å². The molecule has 0 atom stereocenters. The lowest BCUT2D eigenvalue weighted by molar-refractivity contribution is 0.258. The van der Waals surface area contributed by atoms with Crippen LogP contribution in [0, 0.1) is 6.92 Å². The number of piperazine rings is 1. The number of hydrogen-bond acceptors (Lipinski definition) is 5. The highest BCUT2D eigenvalue weighted by atomic mass is 15.3. The van der Waals surface area contributed by atoms with E-state index in [1.54, 1.807) is 0 Å². The molecule has 1 aromatic heterocycles. The summed E-state index contributed by atoms with van der Waals surface area (Å²) in [7, 11) is 1.89. The highest BCUT2D eigenvalue weighted by Gasteiger charge is 2.18. The molecule has 0 aliphatic carbocycles. The van der Waals surface area contributed by atoms with Gasteiger partial charge in [-0.05, 0) is 19.9 Å². The monoisotopic (exact) mass is 249 g/mol. The van der Waals surface area contributed by atoms with Gasteiger partial charge < -0.3 is 10.2 Å². The molecule has 5 nitrogen and oxygen atoms in total. The van der Waals surface area contributed by atoms with Gasteiger partial charge in [-0.15, -0.1) is 0 Å². The summed E-state index contributed by atoms with van der Waals surface area (Å²) in [6, 6.07) is 2.03. The number of aryl methyl sites for hydroxylation is 1. The van der Waals surface area contributed by atoms with Crippen LogP contribution in [0.1, 0.15) is 19.2 Å². The van der Waals surface area contributed by atoms with Crippen LogP contribution < -0.4 is 10.2 Å². The minimum atomic E-state index is 0.827. The zero-order chi connectivity index (χ0) is 13.0. The molecule has 1 N–H and O–H groups in total. The summed E-state index contributed by atoms with van der Waals surface area (Å²) in [5.74, 6) is 2.77. The van der Waals surface area contributed by atoms with Crippen LogP contribution in [0.5, 0.6) is 0 Å². The largest absolute Gasteiger partial charge is 0.373 e. The van der Waals surface area contributed by atoms with Crippen molar-refractivity contribution < 1.29 is 0 Å². The molecular weight excluding hydrogens is 226 g/mol. The molecule has 18 heavy (non-hydrogen) atoms. The van der Waals surface area contributed by atoms with Gasteiger partial charge in [-0.25, -0.2) is 9.97 Å². The lowest BCUT2D eigenvalue weighted by Crippen LogP contribution is -2.46. The first-order valence-electron chi connectivity index (χ1n) is 6.73. The molecular formula is C13H23N5. The van der Waals surface area contributed by atoms with Crippen molar-refractivity contribution in [3.8, 4) is 0 Å². The van der Waals surface area contributed by atoms with Crippen LogP contribution in [0.2, 0.25) is 0 Å². The second-order valence-corrected chi connectivity index (χ2v) is 4.74. The van der Waals surface area contributed by atoms with Gasteiger partial charge in [0.05, 0.1) is 0 Å². The summed E-state index contributed by atoms with van der Waals surface area (Å²) in [6.45, 7) is 9.76. The third kappa shape index (κ3) is 3.10. The summed E-state index contributed by atoms with van der Waals surface area (Å²) in [5.41, 5.74) is 0. The van der Waals surface area contributed by atoms with Crippen LogP contribution in [-0.2, 0) is 0 Å². The van der Waals surface area contributed by atoms with Crippen molar-refractivity contribution in [1.29, 1.82) is 0 Å². The van der Waals surface area contributed by atoms with E-state index < -0.39 is 0 Å². The molecule has 1 saturated heterocycles. The number of rotatable bonds is 4. The molecule has 2 heterocycles. The van der Waals surface area contributed by atoms with Gasteiger partial charge in [-0.2, -0.15) is 0 Å². The predicted octanol–water partition coefficient (Wildman–Crippen LogP) is 1.36. The fourth-order valence-electron chi connectivity index (χ4n) is 2.36. The summed E-state index contributed by atoms with van der Waals surface area (Å²) in [6.07, 6.45) is 1.23. The minimum Gasteiger partial charge on any atom is -0.373 e. The molecule has 0 amide bonds. The lowest BCUT2D eigenvalue weighted by atomic mass is 10.3. The maximum absolute atomic E-state index is 4.53. The van der Waals surface area contributed by atoms with Gasteiger partial charge in [-0.1, -0.05) is 6.92 Å². The Labute approximate surface area is 109 Å². The summed E-state index contributed by atoms with van der Waals surface area (Å²) in [5, 5.41) is 3.09. The van der Waals surface area contributed by atoms with Crippen molar-refractivity contribution >= 4 is 11.6 Å². The second kappa shape index (κ2) is 6.00. The SMILES string of the molecule is CCCN1CCN(c2cc(NC)nc(C)n2)CC1. The topological polar surface area (TPSA) is 44.3 Å². The Balaban J connectivity index is 2.02. The molecule has 1 aromatic rings. The highest BCUT2D eigenvalue weighted by Crippen LogP contribution is 2.17. The Morgan fingerprint density at radius 1 is 1.22 bits per heavy atom. The van der Waals surface area contributed by atoms with Crippen LogP contribution in [0.3, 0.4) is 0 Å². The van der Waals surface area contributed by atoms with Crippen molar-refractivity contribution in [1.82, 2.24) is 14.9 Å². The summed E-state index contributed by atoms with van der Waals surface area (Å²) >= 11 is 0. The van der Waals surface area contributed by atoms with Gasteiger partial charge in [0.1, 0.15) is 17.5 Å². The first kappa shape index (κ1) is 13.1. The smallest absolute Gasteiger partial charge is 0.134 e. The average Bonchev–Trinajstić information content (AvgIpc) is 2.39. The van der Waals surface area contributed by atoms with Gasteiger partial charge in [-0.3, -0.25) is 4.90 Å². The zero-order valence-corrected chi connectivity index (χ0v) is 11.6. The van der Waals surface area contributed by atoms with Gasteiger partial charge in [0.15, 0.2) is 0 Å². The molecule has 1 aliphatic rings. The number of nitrogens with one attached hydrogen (secondary N) is 1. The Kier molecular flexibility index (Phi) is 4.36. The lowest BCUT2D eigenvalue weighted by Gasteiger charge is -2.35. The number of anilines is 2. The maximum atomic E-state index is 4.53. The summed E-state index contributed by atoms with van der Waals surface area (Å²) in [4.78, 5) is 13.7. The molecule has 0 bridgehead atoms. The minimum absolute atomic E-state index is 0.827. The second-order valence-electron chi connectivity index (χ2n) is 4.74. The Bertz CT molecular complexity index is 385. The van der Waals surface area contributed by atoms with Crippen molar-refractivity contribution in [2.75, 3.05) is 50.0 Å². The molecule has 5 heteroatoms. The average molecular weight is 249 g/mol. The third-order valence-corrected chi connectivity index (χ3v) is 3.32. The predicted molar refractivity (Wildman–Crippen MR) is 75.3 cm³/mol. The Hall–Kier alpha value is -1.36. The van der Waals surface area contributed by atoms with Gasteiger partial charge in [0.2, 0.25) is 0 Å². The molecule has 0 radical (unpaired) electrons. The van der Waals surface area contributed by atoms with E-state index >= 15 is 0 Å². The summed E-state index contributed by atoms with van der Waals surface area (Å²) < 4.78 is 0. The quantitative estimate of drug-likeness (QED) is 0.873. The first-order chi connectivity index (χ1) is 8.72. The van der Waals surface area contributed by atoms with Crippen LogP contribution in [0.4, 0.5) is 11.6 Å². The molecule has 0 unspecified atom stereocenters. The molecule has 1 aliphatic heterocycles. The van der Waals surface area contributed by atoms with E-state index in [0.717, 1.165) is 43.6 Å².